The third kappa shape index (κ3) is 5.63. The van der Waals surface area contributed by atoms with Gasteiger partial charge < -0.3 is 10.5 Å². The minimum atomic E-state index is -0.409. The van der Waals surface area contributed by atoms with Crippen molar-refractivity contribution < 1.29 is 14.3 Å². The molecule has 204 valence electrons. The van der Waals surface area contributed by atoms with Crippen LogP contribution < -0.4 is 27.0 Å². The van der Waals surface area contributed by atoms with Crippen molar-refractivity contribution >= 4 is 28.8 Å². The maximum atomic E-state index is 13.8. The van der Waals surface area contributed by atoms with E-state index in [-0.39, 0.29) is 17.5 Å². The average Bonchev–Trinajstić information content (AvgIpc) is 3.26. The van der Waals surface area contributed by atoms with Crippen LogP contribution in [0.4, 0.5) is 5.82 Å². The molecular formula is C29H29N7O4. The van der Waals surface area contributed by atoms with E-state index in [1.54, 1.807) is 41.8 Å². The number of aromatic nitrogens is 4. The number of anilines is 1. The molecule has 0 bridgehead atoms. The summed E-state index contributed by atoms with van der Waals surface area (Å²) in [6.07, 6.45) is 8.25. The number of para-hydroxylation sites is 1. The van der Waals surface area contributed by atoms with E-state index in [0.29, 0.717) is 54.0 Å². The number of nitrogens with two attached hydrogens (primary N) is 1. The van der Waals surface area contributed by atoms with Crippen LogP contribution in [0.3, 0.4) is 0 Å². The van der Waals surface area contributed by atoms with Gasteiger partial charge in [-0.2, -0.15) is 0 Å². The quantitative estimate of drug-likeness (QED) is 0.250. The Hall–Kier alpha value is -5.19. The second kappa shape index (κ2) is 11.7. The number of ether oxygens (including phenoxy) is 1. The highest BCUT2D eigenvalue weighted by molar-refractivity contribution is 5.93. The second-order valence-electron chi connectivity index (χ2n) is 9.34. The molecule has 40 heavy (non-hydrogen) atoms. The number of hydrogen-bond acceptors (Lipinski definition) is 7. The van der Waals surface area contributed by atoms with Crippen LogP contribution in [0, 0.1) is 0 Å². The first kappa shape index (κ1) is 26.4. The first-order valence-corrected chi connectivity index (χ1v) is 12.9. The molecule has 0 spiro atoms. The van der Waals surface area contributed by atoms with Crippen molar-refractivity contribution in [3.05, 3.63) is 95.2 Å². The maximum Gasteiger partial charge on any atom is 0.335 e. The summed E-state index contributed by atoms with van der Waals surface area (Å²) in [6.45, 7) is 1.71. The Balaban J connectivity index is 1.37. The number of benzene rings is 2. The van der Waals surface area contributed by atoms with Crippen molar-refractivity contribution in [3.8, 4) is 17.2 Å². The number of allylic oxidation sites excluding steroid dienone is 2. The molecule has 2 aromatic heterocycles. The molecule has 11 heteroatoms. The molecule has 11 nitrogen and oxygen atoms in total. The van der Waals surface area contributed by atoms with E-state index in [4.69, 9.17) is 10.5 Å². The Kier molecular flexibility index (Phi) is 7.72. The number of imidazole rings is 1. The van der Waals surface area contributed by atoms with Gasteiger partial charge in [-0.15, -0.1) is 0 Å². The number of fused-ring (bicyclic) bond motifs is 1. The number of carbonyl (C=O) groups is 2. The molecule has 0 saturated heterocycles. The minimum absolute atomic E-state index is 0.138. The van der Waals surface area contributed by atoms with Crippen molar-refractivity contribution in [1.29, 1.82) is 0 Å². The third-order valence-electron chi connectivity index (χ3n) is 6.68. The predicted octanol–water partition coefficient (Wildman–Crippen LogP) is 3.72. The largest absolute Gasteiger partial charge is 0.457 e. The van der Waals surface area contributed by atoms with Gasteiger partial charge >= 0.3 is 5.69 Å². The number of hydrogen-bond donors (Lipinski definition) is 3. The zero-order chi connectivity index (χ0) is 28.1. The van der Waals surface area contributed by atoms with Gasteiger partial charge in [0.1, 0.15) is 23.3 Å². The van der Waals surface area contributed by atoms with Gasteiger partial charge in [-0.25, -0.2) is 14.8 Å². The summed E-state index contributed by atoms with van der Waals surface area (Å²) < 4.78 is 9.09. The Labute approximate surface area is 230 Å². The van der Waals surface area contributed by atoms with E-state index in [1.165, 1.54) is 23.0 Å². The minimum Gasteiger partial charge on any atom is -0.457 e. The Morgan fingerprint density at radius 2 is 1.65 bits per heavy atom. The fourth-order valence-corrected chi connectivity index (χ4v) is 4.84. The van der Waals surface area contributed by atoms with Gasteiger partial charge in [0.2, 0.25) is 0 Å². The third-order valence-corrected chi connectivity index (χ3v) is 6.68. The SMILES string of the molecule is C/C=C/C(=O)NNC(=O)C=C1CCC(n2c(=O)n(-c3ccc(Oc4ccccc4)cc3)c3c(N)ncnc32)CC1. The molecule has 1 fully saturated rings. The summed E-state index contributed by atoms with van der Waals surface area (Å²) in [4.78, 5) is 46.1. The second-order valence-corrected chi connectivity index (χ2v) is 9.34. The summed E-state index contributed by atoms with van der Waals surface area (Å²) in [5.41, 5.74) is 13.1. The molecule has 2 heterocycles. The summed E-state index contributed by atoms with van der Waals surface area (Å²) >= 11 is 0. The van der Waals surface area contributed by atoms with Crippen molar-refractivity contribution in [3.63, 3.8) is 0 Å². The van der Waals surface area contributed by atoms with Crippen LogP contribution in [-0.4, -0.2) is 30.9 Å². The summed E-state index contributed by atoms with van der Waals surface area (Å²) in [7, 11) is 0. The first-order chi connectivity index (χ1) is 19.4. The zero-order valence-corrected chi connectivity index (χ0v) is 21.9. The molecule has 1 aliphatic rings. The lowest BCUT2D eigenvalue weighted by atomic mass is 9.90. The van der Waals surface area contributed by atoms with Gasteiger partial charge in [0.15, 0.2) is 11.5 Å². The van der Waals surface area contributed by atoms with Crippen LogP contribution in [0.1, 0.15) is 38.6 Å². The summed E-state index contributed by atoms with van der Waals surface area (Å²) in [5.74, 6) is 0.739. The molecular weight excluding hydrogens is 510 g/mol. The number of hydrazine groups is 1. The molecule has 5 rings (SSSR count). The van der Waals surface area contributed by atoms with Crippen molar-refractivity contribution in [2.45, 2.75) is 38.6 Å². The van der Waals surface area contributed by atoms with Crippen LogP contribution in [0.5, 0.6) is 11.5 Å². The van der Waals surface area contributed by atoms with Crippen molar-refractivity contribution in [2.75, 3.05) is 5.73 Å². The molecule has 0 unspecified atom stereocenters. The molecule has 1 saturated carbocycles. The lowest BCUT2D eigenvalue weighted by Gasteiger charge is -2.24. The lowest BCUT2D eigenvalue weighted by Crippen LogP contribution is -2.40. The number of nitrogens with zero attached hydrogens (tertiary/aromatic N) is 4. The number of nitrogen functional groups attached to an aromatic ring is 1. The molecule has 4 aromatic rings. The van der Waals surface area contributed by atoms with Crippen LogP contribution in [0.15, 0.2) is 89.5 Å². The van der Waals surface area contributed by atoms with E-state index < -0.39 is 11.8 Å². The van der Waals surface area contributed by atoms with E-state index >= 15 is 0 Å². The zero-order valence-electron chi connectivity index (χ0n) is 21.9. The van der Waals surface area contributed by atoms with Crippen molar-refractivity contribution in [2.24, 2.45) is 0 Å². The number of carbonyl (C=O) groups excluding carboxylic acids is 2. The van der Waals surface area contributed by atoms with Crippen LogP contribution >= 0.6 is 0 Å². The van der Waals surface area contributed by atoms with Crippen LogP contribution in [-0.2, 0) is 9.59 Å². The van der Waals surface area contributed by atoms with Gasteiger partial charge in [-0.1, -0.05) is 29.8 Å². The molecule has 0 radical (unpaired) electrons. The lowest BCUT2D eigenvalue weighted by molar-refractivity contribution is -0.123. The highest BCUT2D eigenvalue weighted by Crippen LogP contribution is 2.34. The van der Waals surface area contributed by atoms with E-state index in [0.717, 1.165) is 5.57 Å². The topological polar surface area (TPSA) is 146 Å². The molecule has 4 N–H and O–H groups in total. The van der Waals surface area contributed by atoms with E-state index in [2.05, 4.69) is 20.8 Å². The van der Waals surface area contributed by atoms with Crippen LogP contribution in [0.25, 0.3) is 16.9 Å². The van der Waals surface area contributed by atoms with E-state index in [9.17, 15) is 14.4 Å². The average molecular weight is 540 g/mol. The molecule has 1 aliphatic carbocycles. The monoisotopic (exact) mass is 539 g/mol. The fourth-order valence-electron chi connectivity index (χ4n) is 4.84. The van der Waals surface area contributed by atoms with Gasteiger partial charge in [-0.05, 0) is 69.0 Å². The van der Waals surface area contributed by atoms with Gasteiger partial charge in [0.05, 0.1) is 5.69 Å². The van der Waals surface area contributed by atoms with Gasteiger partial charge in [-0.3, -0.25) is 29.6 Å². The Bertz CT molecular complexity index is 1640. The highest BCUT2D eigenvalue weighted by Gasteiger charge is 2.27. The normalized spacial score (nSPS) is 15.2. The fraction of sp³-hybridized carbons (Fsp3) is 0.207. The molecule has 0 atom stereocenters. The Morgan fingerprint density at radius 3 is 2.35 bits per heavy atom. The van der Waals surface area contributed by atoms with E-state index in [1.807, 2.05) is 30.3 Å². The molecule has 2 amide bonds. The Morgan fingerprint density at radius 1 is 0.975 bits per heavy atom. The molecule has 2 aromatic carbocycles. The van der Waals surface area contributed by atoms with Gasteiger partial charge in [0, 0.05) is 18.2 Å². The maximum absolute atomic E-state index is 13.8. The van der Waals surface area contributed by atoms with Gasteiger partial charge in [0.25, 0.3) is 11.8 Å². The number of nitrogens with one attached hydrogen (secondary N) is 2. The molecule has 0 aliphatic heterocycles. The predicted molar refractivity (Wildman–Crippen MR) is 151 cm³/mol. The highest BCUT2D eigenvalue weighted by atomic mass is 16.5. The summed E-state index contributed by atoms with van der Waals surface area (Å²) in [6, 6.07) is 16.5. The van der Waals surface area contributed by atoms with Crippen LogP contribution in [0.2, 0.25) is 0 Å². The smallest absolute Gasteiger partial charge is 0.335 e. The summed E-state index contributed by atoms with van der Waals surface area (Å²) in [5, 5.41) is 0. The first-order valence-electron chi connectivity index (χ1n) is 12.9. The number of rotatable bonds is 6. The standard InChI is InChI=1S/C29H29N7O4/c1-2-6-24(37)33-34-25(38)17-19-9-11-21(12-10-19)36-28-26(27(30)31-18-32-28)35(29(36)39)20-13-15-23(16-14-20)40-22-7-4-3-5-8-22/h2-8,13-18,21H,9-12H2,1H3,(H,33,37)(H,34,38)(H2,30,31,32)/b6-2+,19-17?. The van der Waals surface area contributed by atoms with Crippen molar-refractivity contribution in [1.82, 2.24) is 30.0 Å². The number of amides is 2.